The van der Waals surface area contributed by atoms with E-state index in [-0.39, 0.29) is 11.6 Å². The SMILES string of the molecule is CCOc1cccc2sc(NC(=O)c3ccc([N+](=O)[O-])c(C)c3)nc12. The zero-order valence-corrected chi connectivity index (χ0v) is 14.4. The van der Waals surface area contributed by atoms with Crippen molar-refractivity contribution in [3.8, 4) is 5.75 Å². The van der Waals surface area contributed by atoms with Gasteiger partial charge in [-0.25, -0.2) is 4.98 Å². The predicted molar refractivity (Wildman–Crippen MR) is 96.6 cm³/mol. The normalized spacial score (nSPS) is 10.6. The van der Waals surface area contributed by atoms with Gasteiger partial charge in [-0.2, -0.15) is 0 Å². The minimum absolute atomic E-state index is 0.0158. The average Bonchev–Trinajstić information content (AvgIpc) is 2.98. The molecule has 25 heavy (non-hydrogen) atoms. The number of hydrogen-bond donors (Lipinski definition) is 1. The minimum Gasteiger partial charge on any atom is -0.492 e. The Bertz CT molecular complexity index is 968. The molecule has 0 radical (unpaired) electrons. The highest BCUT2D eigenvalue weighted by Crippen LogP contribution is 2.32. The smallest absolute Gasteiger partial charge is 0.272 e. The lowest BCUT2D eigenvalue weighted by Crippen LogP contribution is -2.12. The molecular formula is C17H15N3O4S. The number of hydrogen-bond acceptors (Lipinski definition) is 6. The third-order valence-electron chi connectivity index (χ3n) is 3.56. The monoisotopic (exact) mass is 357 g/mol. The van der Waals surface area contributed by atoms with E-state index in [1.807, 2.05) is 25.1 Å². The molecule has 0 saturated heterocycles. The van der Waals surface area contributed by atoms with Crippen molar-refractivity contribution in [1.82, 2.24) is 4.98 Å². The second-order valence-electron chi connectivity index (χ2n) is 5.27. The van der Waals surface area contributed by atoms with Crippen molar-refractivity contribution in [2.45, 2.75) is 13.8 Å². The molecule has 1 heterocycles. The molecular weight excluding hydrogens is 342 g/mol. The molecule has 0 unspecified atom stereocenters. The van der Waals surface area contributed by atoms with E-state index < -0.39 is 4.92 Å². The summed E-state index contributed by atoms with van der Waals surface area (Å²) < 4.78 is 6.44. The summed E-state index contributed by atoms with van der Waals surface area (Å²) in [7, 11) is 0. The quantitative estimate of drug-likeness (QED) is 0.546. The van der Waals surface area contributed by atoms with Gasteiger partial charge in [-0.05, 0) is 38.1 Å². The zero-order chi connectivity index (χ0) is 18.0. The number of nitrogens with one attached hydrogen (secondary N) is 1. The third kappa shape index (κ3) is 3.43. The van der Waals surface area contributed by atoms with E-state index in [1.54, 1.807) is 6.92 Å². The number of nitro benzene ring substituents is 1. The highest BCUT2D eigenvalue weighted by molar-refractivity contribution is 7.22. The molecule has 1 amide bonds. The molecule has 8 heteroatoms. The van der Waals surface area contributed by atoms with Crippen molar-refractivity contribution >= 4 is 38.3 Å². The fraction of sp³-hybridized carbons (Fsp3) is 0.176. The number of carbonyl (C=O) groups is 1. The van der Waals surface area contributed by atoms with Crippen LogP contribution < -0.4 is 10.1 Å². The van der Waals surface area contributed by atoms with Gasteiger partial charge in [0.1, 0.15) is 11.3 Å². The molecule has 0 aliphatic rings. The van der Waals surface area contributed by atoms with Crippen LogP contribution >= 0.6 is 11.3 Å². The predicted octanol–water partition coefficient (Wildman–Crippen LogP) is 4.16. The van der Waals surface area contributed by atoms with Crippen LogP contribution in [0.3, 0.4) is 0 Å². The summed E-state index contributed by atoms with van der Waals surface area (Å²) >= 11 is 1.34. The Morgan fingerprint density at radius 1 is 1.36 bits per heavy atom. The molecule has 3 rings (SSSR count). The summed E-state index contributed by atoms with van der Waals surface area (Å²) in [6, 6.07) is 9.86. The van der Waals surface area contributed by atoms with Crippen LogP contribution in [-0.2, 0) is 0 Å². The largest absolute Gasteiger partial charge is 0.492 e. The lowest BCUT2D eigenvalue weighted by atomic mass is 10.1. The Morgan fingerprint density at radius 2 is 2.16 bits per heavy atom. The molecule has 0 atom stereocenters. The molecule has 0 aliphatic heterocycles. The van der Waals surface area contributed by atoms with Crippen molar-refractivity contribution in [3.05, 3.63) is 57.6 Å². The Morgan fingerprint density at radius 3 is 2.84 bits per heavy atom. The fourth-order valence-corrected chi connectivity index (χ4v) is 3.30. The van der Waals surface area contributed by atoms with Gasteiger partial charge >= 0.3 is 0 Å². The van der Waals surface area contributed by atoms with E-state index in [2.05, 4.69) is 10.3 Å². The second kappa shape index (κ2) is 6.86. The van der Waals surface area contributed by atoms with E-state index in [1.165, 1.54) is 29.5 Å². The lowest BCUT2D eigenvalue weighted by molar-refractivity contribution is -0.385. The molecule has 0 spiro atoms. The van der Waals surface area contributed by atoms with Crippen molar-refractivity contribution in [2.24, 2.45) is 0 Å². The van der Waals surface area contributed by atoms with Crippen LogP contribution in [0.4, 0.5) is 10.8 Å². The maximum absolute atomic E-state index is 12.4. The highest BCUT2D eigenvalue weighted by atomic mass is 32.1. The van der Waals surface area contributed by atoms with E-state index in [4.69, 9.17) is 4.74 Å². The number of aromatic nitrogens is 1. The first-order valence-corrected chi connectivity index (χ1v) is 8.40. The van der Waals surface area contributed by atoms with Gasteiger partial charge in [0.05, 0.1) is 16.2 Å². The number of ether oxygens (including phenoxy) is 1. The number of thiazole rings is 1. The maximum Gasteiger partial charge on any atom is 0.272 e. The topological polar surface area (TPSA) is 94.4 Å². The van der Waals surface area contributed by atoms with Gasteiger partial charge in [0.2, 0.25) is 0 Å². The average molecular weight is 357 g/mol. The van der Waals surface area contributed by atoms with Crippen molar-refractivity contribution in [1.29, 1.82) is 0 Å². The summed E-state index contributed by atoms with van der Waals surface area (Å²) in [5.74, 6) is 0.304. The summed E-state index contributed by atoms with van der Waals surface area (Å²) in [6.45, 7) is 4.02. The first-order valence-electron chi connectivity index (χ1n) is 7.58. The number of rotatable bonds is 5. The van der Waals surface area contributed by atoms with Crippen LogP contribution in [0.1, 0.15) is 22.8 Å². The van der Waals surface area contributed by atoms with E-state index in [0.717, 1.165) is 4.70 Å². The minimum atomic E-state index is -0.472. The van der Waals surface area contributed by atoms with Crippen molar-refractivity contribution in [2.75, 3.05) is 11.9 Å². The Kier molecular flexibility index (Phi) is 4.62. The lowest BCUT2D eigenvalue weighted by Gasteiger charge is -2.03. The number of nitrogens with zero attached hydrogens (tertiary/aromatic N) is 2. The molecule has 2 aromatic carbocycles. The van der Waals surface area contributed by atoms with Crippen LogP contribution in [-0.4, -0.2) is 22.4 Å². The molecule has 0 saturated carbocycles. The van der Waals surface area contributed by atoms with Crippen LogP contribution in [0.25, 0.3) is 10.2 Å². The molecule has 3 aromatic rings. The molecule has 1 aromatic heterocycles. The molecule has 0 bridgehead atoms. The van der Waals surface area contributed by atoms with Crippen LogP contribution in [0.15, 0.2) is 36.4 Å². The standard InChI is InChI=1S/C17H15N3O4S/c1-3-24-13-5-4-6-14-15(13)18-17(25-14)19-16(21)11-7-8-12(20(22)23)10(2)9-11/h4-9H,3H2,1-2H3,(H,18,19,21). The Labute approximate surface area is 147 Å². The summed E-state index contributed by atoms with van der Waals surface area (Å²) in [5.41, 5.74) is 1.45. The maximum atomic E-state index is 12.4. The fourth-order valence-electron chi connectivity index (χ4n) is 2.42. The molecule has 0 aliphatic carbocycles. The van der Waals surface area contributed by atoms with Gasteiger partial charge in [-0.3, -0.25) is 20.2 Å². The number of anilines is 1. The number of aryl methyl sites for hydroxylation is 1. The van der Waals surface area contributed by atoms with E-state index >= 15 is 0 Å². The van der Waals surface area contributed by atoms with Crippen LogP contribution in [0, 0.1) is 17.0 Å². The first kappa shape index (κ1) is 16.8. The van der Waals surface area contributed by atoms with Gasteiger partial charge in [0.25, 0.3) is 11.6 Å². The van der Waals surface area contributed by atoms with Gasteiger partial charge < -0.3 is 4.74 Å². The summed E-state index contributed by atoms with van der Waals surface area (Å²) in [5, 5.41) is 14.0. The van der Waals surface area contributed by atoms with Crippen LogP contribution in [0.5, 0.6) is 5.75 Å². The number of fused-ring (bicyclic) bond motifs is 1. The molecule has 128 valence electrons. The molecule has 1 N–H and O–H groups in total. The van der Waals surface area contributed by atoms with Crippen molar-refractivity contribution in [3.63, 3.8) is 0 Å². The Balaban J connectivity index is 1.86. The number of carbonyl (C=O) groups excluding carboxylic acids is 1. The number of benzene rings is 2. The van der Waals surface area contributed by atoms with Gasteiger partial charge in [-0.1, -0.05) is 17.4 Å². The van der Waals surface area contributed by atoms with Gasteiger partial charge in [0, 0.05) is 17.2 Å². The second-order valence-corrected chi connectivity index (χ2v) is 6.30. The first-order chi connectivity index (χ1) is 12.0. The Hall–Kier alpha value is -3.00. The highest BCUT2D eigenvalue weighted by Gasteiger charge is 2.16. The van der Waals surface area contributed by atoms with E-state index in [0.29, 0.717) is 34.1 Å². The van der Waals surface area contributed by atoms with Gasteiger partial charge in [-0.15, -0.1) is 0 Å². The molecule has 0 fully saturated rings. The number of nitro groups is 1. The number of amides is 1. The summed E-state index contributed by atoms with van der Waals surface area (Å²) in [4.78, 5) is 27.2. The number of para-hydroxylation sites is 1. The third-order valence-corrected chi connectivity index (χ3v) is 4.49. The van der Waals surface area contributed by atoms with Crippen LogP contribution in [0.2, 0.25) is 0 Å². The molecule has 7 nitrogen and oxygen atoms in total. The summed E-state index contributed by atoms with van der Waals surface area (Å²) in [6.07, 6.45) is 0. The van der Waals surface area contributed by atoms with E-state index in [9.17, 15) is 14.9 Å². The van der Waals surface area contributed by atoms with Gasteiger partial charge in [0.15, 0.2) is 5.13 Å². The van der Waals surface area contributed by atoms with Crippen molar-refractivity contribution < 1.29 is 14.5 Å². The zero-order valence-electron chi connectivity index (χ0n) is 13.6.